The fourth-order valence-corrected chi connectivity index (χ4v) is 2.21. The van der Waals surface area contributed by atoms with Crippen molar-refractivity contribution in [3.8, 4) is 0 Å². The highest BCUT2D eigenvalue weighted by Crippen LogP contribution is 2.17. The number of nitrogens with one attached hydrogen (secondary N) is 2. The lowest BCUT2D eigenvalue weighted by Gasteiger charge is -2.05. The Morgan fingerprint density at radius 1 is 1.24 bits per heavy atom. The minimum absolute atomic E-state index is 0.203. The first-order chi connectivity index (χ1) is 7.99. The van der Waals surface area contributed by atoms with Crippen molar-refractivity contribution in [3.63, 3.8) is 0 Å². The van der Waals surface area contributed by atoms with Crippen molar-refractivity contribution < 1.29 is 17.2 Å². The molecule has 0 aliphatic carbocycles. The molecule has 2 aromatic rings. The molecule has 90 valence electrons. The van der Waals surface area contributed by atoms with E-state index in [1.54, 1.807) is 0 Å². The number of hydrogen-bond donors (Lipinski definition) is 2. The minimum atomic E-state index is -3.94. The first-order valence-corrected chi connectivity index (χ1v) is 5.94. The van der Waals surface area contributed by atoms with Crippen LogP contribution in [0.2, 0.25) is 0 Å². The fourth-order valence-electron chi connectivity index (χ4n) is 1.16. The van der Waals surface area contributed by atoms with Crippen LogP contribution in [0, 0.1) is 11.6 Å². The second-order valence-electron chi connectivity index (χ2n) is 3.17. The third-order valence-electron chi connectivity index (χ3n) is 1.95. The molecule has 2 N–H and O–H groups in total. The summed E-state index contributed by atoms with van der Waals surface area (Å²) in [6.07, 6.45) is 2.56. The highest BCUT2D eigenvalue weighted by Gasteiger charge is 2.16. The molecule has 0 saturated heterocycles. The topological polar surface area (TPSA) is 74.8 Å². The van der Waals surface area contributed by atoms with Gasteiger partial charge in [-0.1, -0.05) is 0 Å². The van der Waals surface area contributed by atoms with E-state index in [1.807, 2.05) is 0 Å². The van der Waals surface area contributed by atoms with E-state index in [2.05, 4.69) is 14.9 Å². The van der Waals surface area contributed by atoms with Gasteiger partial charge in [-0.05, 0) is 18.2 Å². The summed E-state index contributed by atoms with van der Waals surface area (Å²) in [5, 5.41) is 5.96. The number of H-pyrrole nitrogens is 1. The van der Waals surface area contributed by atoms with Crippen molar-refractivity contribution in [2.24, 2.45) is 0 Å². The Morgan fingerprint density at radius 2 is 2.00 bits per heavy atom. The van der Waals surface area contributed by atoms with Crippen LogP contribution in [0.15, 0.2) is 35.5 Å². The molecule has 0 aliphatic rings. The normalized spacial score (nSPS) is 11.4. The second-order valence-corrected chi connectivity index (χ2v) is 4.85. The molecule has 0 spiro atoms. The number of benzene rings is 1. The van der Waals surface area contributed by atoms with Gasteiger partial charge in [0.15, 0.2) is 11.6 Å². The summed E-state index contributed by atoms with van der Waals surface area (Å²) in [4.78, 5) is -0.363. The van der Waals surface area contributed by atoms with Crippen molar-refractivity contribution in [1.82, 2.24) is 10.2 Å². The minimum Gasteiger partial charge on any atom is -0.284 e. The van der Waals surface area contributed by atoms with Crippen molar-refractivity contribution in [2.75, 3.05) is 4.72 Å². The van der Waals surface area contributed by atoms with Crippen molar-refractivity contribution in [2.45, 2.75) is 4.90 Å². The Labute approximate surface area is 95.5 Å². The number of halogens is 2. The second kappa shape index (κ2) is 4.13. The molecule has 0 aliphatic heterocycles. The molecular weight excluding hydrogens is 252 g/mol. The van der Waals surface area contributed by atoms with E-state index in [4.69, 9.17) is 0 Å². The Morgan fingerprint density at radius 3 is 2.59 bits per heavy atom. The summed E-state index contributed by atoms with van der Waals surface area (Å²) in [6.45, 7) is 0. The molecule has 1 heterocycles. The predicted octanol–water partition coefficient (Wildman–Crippen LogP) is 1.49. The lowest BCUT2D eigenvalue weighted by Crippen LogP contribution is -2.12. The molecule has 8 heteroatoms. The smallest absolute Gasteiger partial charge is 0.262 e. The van der Waals surface area contributed by atoms with Crippen molar-refractivity contribution >= 4 is 15.7 Å². The van der Waals surface area contributed by atoms with E-state index in [9.17, 15) is 17.2 Å². The SMILES string of the molecule is O=S(=O)(Nc1cn[nH]c1)c1ccc(F)c(F)c1. The molecule has 1 aromatic heterocycles. The Balaban J connectivity index is 2.35. The lowest BCUT2D eigenvalue weighted by atomic mass is 10.3. The zero-order chi connectivity index (χ0) is 12.5. The average Bonchev–Trinajstić information content (AvgIpc) is 2.73. The molecule has 1 aromatic carbocycles. The number of sulfonamides is 1. The summed E-state index contributed by atoms with van der Waals surface area (Å²) in [7, 11) is -3.94. The average molecular weight is 259 g/mol. The number of hydrogen-bond acceptors (Lipinski definition) is 3. The quantitative estimate of drug-likeness (QED) is 0.876. The number of nitrogens with zero attached hydrogens (tertiary/aromatic N) is 1. The van der Waals surface area contributed by atoms with Gasteiger partial charge in [0.2, 0.25) is 0 Å². The molecule has 5 nitrogen and oxygen atoms in total. The number of aromatic nitrogens is 2. The molecule has 0 amide bonds. The number of rotatable bonds is 3. The van der Waals surface area contributed by atoms with Gasteiger partial charge in [0.25, 0.3) is 10.0 Å². The largest absolute Gasteiger partial charge is 0.284 e. The predicted molar refractivity (Wildman–Crippen MR) is 55.8 cm³/mol. The standard InChI is InChI=1S/C9H7F2N3O2S/c10-8-2-1-7(3-9(8)11)17(15,16)14-6-4-12-13-5-6/h1-5,14H,(H,12,13). The van der Waals surface area contributed by atoms with Crippen molar-refractivity contribution in [3.05, 3.63) is 42.2 Å². The molecule has 0 fully saturated rings. The molecule has 0 saturated carbocycles. The van der Waals surface area contributed by atoms with Crippen LogP contribution >= 0.6 is 0 Å². The van der Waals surface area contributed by atoms with Gasteiger partial charge in [-0.2, -0.15) is 5.10 Å². The monoisotopic (exact) mass is 259 g/mol. The molecule has 0 unspecified atom stereocenters. The summed E-state index contributed by atoms with van der Waals surface area (Å²) in [5.41, 5.74) is 0.203. The molecule has 0 radical (unpaired) electrons. The number of aromatic amines is 1. The molecule has 0 bridgehead atoms. The van der Waals surface area contributed by atoms with Gasteiger partial charge >= 0.3 is 0 Å². The van der Waals surface area contributed by atoms with Crippen LogP contribution in [-0.2, 0) is 10.0 Å². The Hall–Kier alpha value is -1.96. The van der Waals surface area contributed by atoms with Gasteiger partial charge in [0.1, 0.15) is 0 Å². The maximum Gasteiger partial charge on any atom is 0.262 e. The van der Waals surface area contributed by atoms with E-state index in [0.29, 0.717) is 6.07 Å². The van der Waals surface area contributed by atoms with Crippen LogP contribution in [0.1, 0.15) is 0 Å². The van der Waals surface area contributed by atoms with E-state index >= 15 is 0 Å². The molecule has 17 heavy (non-hydrogen) atoms. The van der Waals surface area contributed by atoms with Gasteiger partial charge in [0, 0.05) is 6.20 Å². The van der Waals surface area contributed by atoms with Crippen LogP contribution in [0.25, 0.3) is 0 Å². The zero-order valence-electron chi connectivity index (χ0n) is 8.31. The fraction of sp³-hybridized carbons (Fsp3) is 0. The molecule has 0 atom stereocenters. The van der Waals surface area contributed by atoms with E-state index in [0.717, 1.165) is 12.1 Å². The third-order valence-corrected chi connectivity index (χ3v) is 3.33. The molecule has 2 rings (SSSR count). The third kappa shape index (κ3) is 2.41. The first-order valence-electron chi connectivity index (χ1n) is 4.46. The van der Waals surface area contributed by atoms with Crippen LogP contribution in [0.5, 0.6) is 0 Å². The molecular formula is C9H7F2N3O2S. The van der Waals surface area contributed by atoms with Crippen molar-refractivity contribution in [1.29, 1.82) is 0 Å². The Kier molecular flexibility index (Phi) is 2.80. The zero-order valence-corrected chi connectivity index (χ0v) is 9.13. The van der Waals surface area contributed by atoms with Gasteiger partial charge < -0.3 is 0 Å². The maximum absolute atomic E-state index is 12.9. The van der Waals surface area contributed by atoms with Gasteiger partial charge in [-0.25, -0.2) is 17.2 Å². The van der Waals surface area contributed by atoms with Crippen LogP contribution < -0.4 is 4.72 Å². The van der Waals surface area contributed by atoms with Gasteiger partial charge in [-0.15, -0.1) is 0 Å². The van der Waals surface area contributed by atoms with E-state index in [1.165, 1.54) is 12.4 Å². The summed E-state index contributed by atoms with van der Waals surface area (Å²) in [6, 6.07) is 2.33. The van der Waals surface area contributed by atoms with Crippen LogP contribution in [-0.4, -0.2) is 18.6 Å². The van der Waals surface area contributed by atoms with Gasteiger partial charge in [-0.3, -0.25) is 9.82 Å². The van der Waals surface area contributed by atoms with E-state index < -0.39 is 21.7 Å². The summed E-state index contributed by atoms with van der Waals surface area (Å²) < 4.78 is 51.2. The van der Waals surface area contributed by atoms with Crippen LogP contribution in [0.3, 0.4) is 0 Å². The van der Waals surface area contributed by atoms with Crippen LogP contribution in [0.4, 0.5) is 14.5 Å². The summed E-state index contributed by atoms with van der Waals surface area (Å²) >= 11 is 0. The van der Waals surface area contributed by atoms with E-state index in [-0.39, 0.29) is 10.6 Å². The maximum atomic E-state index is 12.9. The highest BCUT2D eigenvalue weighted by atomic mass is 32.2. The van der Waals surface area contributed by atoms with Gasteiger partial charge in [0.05, 0.1) is 16.8 Å². The highest BCUT2D eigenvalue weighted by molar-refractivity contribution is 7.92. The lowest BCUT2D eigenvalue weighted by molar-refractivity contribution is 0.504. The first kappa shape index (κ1) is 11.5. The Bertz CT molecular complexity index is 626. The number of anilines is 1. The summed E-state index contributed by atoms with van der Waals surface area (Å²) in [5.74, 6) is -2.33.